The van der Waals surface area contributed by atoms with Gasteiger partial charge in [-0.1, -0.05) is 23.2 Å². The molecule has 82 valence electrons. The first-order valence-corrected chi connectivity index (χ1v) is 5.15. The maximum absolute atomic E-state index is 13.5. The Balaban J connectivity index is 3.12. The van der Waals surface area contributed by atoms with Crippen molar-refractivity contribution in [3.63, 3.8) is 0 Å². The molecule has 0 fully saturated rings. The molecule has 0 aliphatic rings. The molecule has 1 atom stereocenters. The molecule has 3 heteroatoms. The Labute approximate surface area is 94.7 Å². The van der Waals surface area contributed by atoms with E-state index in [4.69, 9.17) is 17.3 Å². The van der Waals surface area contributed by atoms with E-state index in [1.54, 1.807) is 6.07 Å². The number of halogens is 2. The largest absolute Gasteiger partial charge is 0.324 e. The average molecular weight is 228 g/mol. The Bertz CT molecular complexity index is 387. The molecule has 1 aromatic rings. The smallest absolute Gasteiger partial charge is 0.129 e. The van der Waals surface area contributed by atoms with Crippen molar-refractivity contribution in [1.29, 1.82) is 0 Å². The van der Waals surface area contributed by atoms with Crippen LogP contribution in [0.15, 0.2) is 24.3 Å². The predicted molar refractivity (Wildman–Crippen MR) is 62.5 cm³/mol. The summed E-state index contributed by atoms with van der Waals surface area (Å²) in [5.41, 5.74) is 8.02. The van der Waals surface area contributed by atoms with Crippen molar-refractivity contribution in [2.45, 2.75) is 26.3 Å². The fraction of sp³-hybridized carbons (Fsp3) is 0.333. The van der Waals surface area contributed by atoms with E-state index < -0.39 is 6.04 Å². The van der Waals surface area contributed by atoms with Crippen LogP contribution in [0.2, 0.25) is 5.02 Å². The fourth-order valence-electron chi connectivity index (χ4n) is 1.50. The van der Waals surface area contributed by atoms with Crippen LogP contribution in [-0.4, -0.2) is 0 Å². The van der Waals surface area contributed by atoms with Crippen LogP contribution < -0.4 is 5.73 Å². The van der Waals surface area contributed by atoms with E-state index in [2.05, 4.69) is 6.58 Å². The second kappa shape index (κ2) is 4.77. The first kappa shape index (κ1) is 12.2. The molecule has 0 aromatic heterocycles. The van der Waals surface area contributed by atoms with Gasteiger partial charge in [-0.2, -0.15) is 0 Å². The van der Waals surface area contributed by atoms with Crippen LogP contribution >= 0.6 is 11.6 Å². The quantitative estimate of drug-likeness (QED) is 0.782. The predicted octanol–water partition coefficient (Wildman–Crippen LogP) is 3.75. The number of hydrogen-bond acceptors (Lipinski definition) is 1. The van der Waals surface area contributed by atoms with Gasteiger partial charge in [0.2, 0.25) is 0 Å². The minimum atomic E-state index is -0.421. The van der Waals surface area contributed by atoms with Gasteiger partial charge < -0.3 is 5.73 Å². The Hall–Kier alpha value is -0.860. The summed E-state index contributed by atoms with van der Waals surface area (Å²) in [4.78, 5) is 0. The molecule has 0 spiro atoms. The monoisotopic (exact) mass is 227 g/mol. The van der Waals surface area contributed by atoms with Crippen molar-refractivity contribution >= 4 is 11.6 Å². The Morgan fingerprint density at radius 1 is 1.60 bits per heavy atom. The highest BCUT2D eigenvalue weighted by atomic mass is 35.5. The molecule has 15 heavy (non-hydrogen) atoms. The van der Waals surface area contributed by atoms with Gasteiger partial charge >= 0.3 is 0 Å². The highest BCUT2D eigenvalue weighted by Crippen LogP contribution is 2.30. The summed E-state index contributed by atoms with van der Waals surface area (Å²) in [5, 5.41) is 0.420. The van der Waals surface area contributed by atoms with E-state index in [0.717, 1.165) is 11.1 Å². The van der Waals surface area contributed by atoms with Crippen LogP contribution in [0, 0.1) is 12.7 Å². The minimum absolute atomic E-state index is 0.348. The summed E-state index contributed by atoms with van der Waals surface area (Å²) < 4.78 is 13.5. The average Bonchev–Trinajstić information content (AvgIpc) is 2.11. The SMILES string of the molecule is C=C(C)C[C@H](N)c1c(F)ccc(C)c1Cl. The first-order chi connectivity index (χ1) is 6.93. The highest BCUT2D eigenvalue weighted by molar-refractivity contribution is 6.32. The topological polar surface area (TPSA) is 26.0 Å². The molecule has 0 unspecified atom stereocenters. The number of nitrogens with two attached hydrogens (primary N) is 1. The lowest BCUT2D eigenvalue weighted by atomic mass is 9.99. The first-order valence-electron chi connectivity index (χ1n) is 4.78. The maximum Gasteiger partial charge on any atom is 0.129 e. The van der Waals surface area contributed by atoms with Crippen LogP contribution in [0.3, 0.4) is 0 Å². The van der Waals surface area contributed by atoms with E-state index in [0.29, 0.717) is 17.0 Å². The third-order valence-electron chi connectivity index (χ3n) is 2.26. The van der Waals surface area contributed by atoms with Gasteiger partial charge in [-0.25, -0.2) is 4.39 Å². The van der Waals surface area contributed by atoms with Gasteiger partial charge in [0.05, 0.1) is 5.02 Å². The van der Waals surface area contributed by atoms with Gasteiger partial charge in [-0.3, -0.25) is 0 Å². The molecule has 0 aliphatic heterocycles. The normalized spacial score (nSPS) is 12.6. The Morgan fingerprint density at radius 2 is 2.20 bits per heavy atom. The zero-order valence-electron chi connectivity index (χ0n) is 8.98. The second-order valence-electron chi connectivity index (χ2n) is 3.86. The van der Waals surface area contributed by atoms with Crippen molar-refractivity contribution in [1.82, 2.24) is 0 Å². The lowest BCUT2D eigenvalue weighted by Gasteiger charge is -2.15. The Morgan fingerprint density at radius 3 is 2.73 bits per heavy atom. The molecule has 1 aromatic carbocycles. The maximum atomic E-state index is 13.5. The summed E-state index contributed by atoms with van der Waals surface area (Å²) in [5.74, 6) is -0.348. The summed E-state index contributed by atoms with van der Waals surface area (Å²) >= 11 is 6.03. The molecule has 0 amide bonds. The zero-order valence-corrected chi connectivity index (χ0v) is 9.74. The Kier molecular flexibility index (Phi) is 3.89. The van der Waals surface area contributed by atoms with E-state index >= 15 is 0 Å². The van der Waals surface area contributed by atoms with E-state index in [1.807, 2.05) is 13.8 Å². The number of rotatable bonds is 3. The number of hydrogen-bond donors (Lipinski definition) is 1. The molecule has 0 saturated carbocycles. The third-order valence-corrected chi connectivity index (χ3v) is 2.76. The lowest BCUT2D eigenvalue weighted by molar-refractivity contribution is 0.579. The summed E-state index contributed by atoms with van der Waals surface area (Å²) in [6, 6.07) is 2.62. The summed E-state index contributed by atoms with van der Waals surface area (Å²) in [6.07, 6.45) is 0.542. The van der Waals surface area contributed by atoms with Gasteiger partial charge in [-0.05, 0) is 31.9 Å². The molecule has 0 saturated heterocycles. The molecule has 2 N–H and O–H groups in total. The zero-order chi connectivity index (χ0) is 11.6. The van der Waals surface area contributed by atoms with Crippen LogP contribution in [0.25, 0.3) is 0 Å². The summed E-state index contributed by atoms with van der Waals surface area (Å²) in [6.45, 7) is 7.45. The molecule has 0 heterocycles. The highest BCUT2D eigenvalue weighted by Gasteiger charge is 2.16. The third kappa shape index (κ3) is 2.80. The van der Waals surface area contributed by atoms with Crippen molar-refractivity contribution < 1.29 is 4.39 Å². The van der Waals surface area contributed by atoms with Gasteiger partial charge in [0, 0.05) is 11.6 Å². The van der Waals surface area contributed by atoms with Crippen LogP contribution in [0.5, 0.6) is 0 Å². The summed E-state index contributed by atoms with van der Waals surface area (Å²) in [7, 11) is 0. The number of aryl methyl sites for hydroxylation is 1. The van der Waals surface area contributed by atoms with E-state index in [-0.39, 0.29) is 5.82 Å². The fourth-order valence-corrected chi connectivity index (χ4v) is 1.79. The van der Waals surface area contributed by atoms with Gasteiger partial charge in [0.25, 0.3) is 0 Å². The molecule has 1 nitrogen and oxygen atoms in total. The molecule has 0 aliphatic carbocycles. The second-order valence-corrected chi connectivity index (χ2v) is 4.24. The lowest BCUT2D eigenvalue weighted by Crippen LogP contribution is -2.13. The van der Waals surface area contributed by atoms with Crippen molar-refractivity contribution in [3.8, 4) is 0 Å². The van der Waals surface area contributed by atoms with Gasteiger partial charge in [0.1, 0.15) is 5.82 Å². The standard InChI is InChI=1S/C12H15ClFN/c1-7(2)6-10(15)11-9(14)5-4-8(3)12(11)13/h4-5,10H,1,6,15H2,2-3H3/t10-/m0/s1. The van der Waals surface area contributed by atoms with Crippen molar-refractivity contribution in [2.75, 3.05) is 0 Å². The van der Waals surface area contributed by atoms with Gasteiger partial charge in [0.15, 0.2) is 0 Å². The molecular weight excluding hydrogens is 213 g/mol. The number of benzene rings is 1. The molecular formula is C12H15ClFN. The van der Waals surface area contributed by atoms with Crippen LogP contribution in [0.1, 0.15) is 30.5 Å². The van der Waals surface area contributed by atoms with E-state index in [9.17, 15) is 4.39 Å². The van der Waals surface area contributed by atoms with E-state index in [1.165, 1.54) is 6.07 Å². The van der Waals surface area contributed by atoms with Crippen molar-refractivity contribution in [3.05, 3.63) is 46.3 Å². The van der Waals surface area contributed by atoms with Crippen LogP contribution in [-0.2, 0) is 0 Å². The van der Waals surface area contributed by atoms with Crippen molar-refractivity contribution in [2.24, 2.45) is 5.73 Å². The molecule has 1 rings (SSSR count). The molecule has 0 radical (unpaired) electrons. The van der Waals surface area contributed by atoms with Crippen LogP contribution in [0.4, 0.5) is 4.39 Å². The van der Waals surface area contributed by atoms with Gasteiger partial charge in [-0.15, -0.1) is 6.58 Å². The minimum Gasteiger partial charge on any atom is -0.324 e. The molecule has 0 bridgehead atoms.